The summed E-state index contributed by atoms with van der Waals surface area (Å²) in [5, 5.41) is -2.44. The van der Waals surface area contributed by atoms with Crippen LogP contribution in [0.3, 0.4) is 0 Å². The molecule has 0 fully saturated rings. The van der Waals surface area contributed by atoms with Crippen molar-refractivity contribution in [2.45, 2.75) is 55.4 Å². The summed E-state index contributed by atoms with van der Waals surface area (Å²) in [5.41, 5.74) is 0. The fourth-order valence-electron chi connectivity index (χ4n) is 1.40. The summed E-state index contributed by atoms with van der Waals surface area (Å²) in [4.78, 5) is 11.2. The van der Waals surface area contributed by atoms with Gasteiger partial charge in [0, 0.05) is 24.0 Å². The van der Waals surface area contributed by atoms with E-state index in [1.54, 1.807) is 6.92 Å². The van der Waals surface area contributed by atoms with Crippen molar-refractivity contribution in [3.63, 3.8) is 0 Å². The van der Waals surface area contributed by atoms with E-state index in [4.69, 9.17) is 11.6 Å². The summed E-state index contributed by atoms with van der Waals surface area (Å²) in [6.45, 7) is 1.56. The molecule has 0 aliphatic rings. The van der Waals surface area contributed by atoms with Gasteiger partial charge in [-0.1, -0.05) is 18.7 Å². The van der Waals surface area contributed by atoms with Crippen molar-refractivity contribution in [1.82, 2.24) is 0 Å². The lowest BCUT2D eigenvalue weighted by Crippen LogP contribution is -2.61. The van der Waals surface area contributed by atoms with Gasteiger partial charge in [0.2, 0.25) is 0 Å². The number of halogens is 10. The number of alkyl halides is 10. The van der Waals surface area contributed by atoms with Gasteiger partial charge in [-0.05, 0) is 6.42 Å². The molecule has 0 aromatic carbocycles. The van der Waals surface area contributed by atoms with Gasteiger partial charge in [-0.25, -0.2) is 0 Å². The molecule has 0 saturated heterocycles. The van der Waals surface area contributed by atoms with E-state index in [9.17, 15) is 44.3 Å². The van der Waals surface area contributed by atoms with Crippen LogP contribution in [0.1, 0.15) is 26.2 Å². The van der Waals surface area contributed by atoms with E-state index in [-0.39, 0.29) is 18.2 Å². The maximum atomic E-state index is 13.4. The van der Waals surface area contributed by atoms with Crippen LogP contribution in [-0.2, 0) is 4.79 Å². The summed E-state index contributed by atoms with van der Waals surface area (Å²) in [6, 6.07) is 0. The molecule has 0 N–H and O–H groups in total. The predicted molar refractivity (Wildman–Crippen MR) is 67.5 cm³/mol. The molecule has 0 saturated carbocycles. The highest BCUT2D eigenvalue weighted by molar-refractivity contribution is 8.14. The van der Waals surface area contributed by atoms with E-state index in [0.29, 0.717) is 6.42 Å². The fraction of sp³-hybridized carbons (Fsp3) is 0.909. The third-order valence-corrected chi connectivity index (χ3v) is 4.31. The van der Waals surface area contributed by atoms with Gasteiger partial charge in [-0.3, -0.25) is 4.79 Å². The highest BCUT2D eigenvalue weighted by Crippen LogP contribution is 2.54. The lowest BCUT2D eigenvalue weighted by atomic mass is 10.00. The van der Waals surface area contributed by atoms with Crippen LogP contribution in [0, 0.1) is 0 Å². The van der Waals surface area contributed by atoms with E-state index in [2.05, 4.69) is 0 Å². The lowest BCUT2D eigenvalue weighted by Gasteiger charge is -2.34. The van der Waals surface area contributed by atoms with Crippen molar-refractivity contribution in [1.29, 1.82) is 0 Å². The van der Waals surface area contributed by atoms with E-state index >= 15 is 0 Å². The molecule has 23 heavy (non-hydrogen) atoms. The smallest absolute Gasteiger partial charge is 0.287 e. The van der Waals surface area contributed by atoms with E-state index < -0.39 is 46.6 Å². The zero-order chi connectivity index (χ0) is 18.7. The molecule has 0 heterocycles. The highest BCUT2D eigenvalue weighted by atomic mass is 35.5. The summed E-state index contributed by atoms with van der Waals surface area (Å²) in [6.07, 6.45) is -8.77. The largest absolute Gasteiger partial charge is 0.460 e. The van der Waals surface area contributed by atoms with Crippen molar-refractivity contribution in [3.8, 4) is 0 Å². The average molecular weight is 399 g/mol. The topological polar surface area (TPSA) is 17.1 Å². The third kappa shape index (κ3) is 5.07. The first-order valence-electron chi connectivity index (χ1n) is 6.09. The molecule has 1 nitrogen and oxygen atoms in total. The van der Waals surface area contributed by atoms with Crippen molar-refractivity contribution < 1.29 is 44.3 Å². The minimum absolute atomic E-state index is 0.112. The molecule has 0 aromatic heterocycles. The minimum atomic E-state index is -6.93. The van der Waals surface area contributed by atoms with Gasteiger partial charge < -0.3 is 0 Å². The summed E-state index contributed by atoms with van der Waals surface area (Å²) < 4.78 is 114. The molecule has 0 aromatic rings. The second-order valence-corrected chi connectivity index (χ2v) is 6.24. The zero-order valence-electron chi connectivity index (χ0n) is 11.5. The number of hydrogen-bond acceptors (Lipinski definition) is 2. The molecule has 0 aliphatic carbocycles. The standard InChI is InChI=1S/C11H12ClF9OS/c1-2-3-7(22)23-6(5-12)4-8(13,14)9(15,16)10(17,18)11(19,20)21/h6H,2-5H2,1H3. The van der Waals surface area contributed by atoms with Crippen LogP contribution in [0.2, 0.25) is 0 Å². The monoisotopic (exact) mass is 398 g/mol. The van der Waals surface area contributed by atoms with Crippen LogP contribution in [0.4, 0.5) is 39.5 Å². The summed E-state index contributed by atoms with van der Waals surface area (Å²) >= 11 is 5.33. The van der Waals surface area contributed by atoms with Crippen LogP contribution in [0.25, 0.3) is 0 Å². The highest BCUT2D eigenvalue weighted by Gasteiger charge is 2.81. The number of carbonyl (C=O) groups excluding carboxylic acids is 1. The van der Waals surface area contributed by atoms with Gasteiger partial charge in [0.1, 0.15) is 0 Å². The van der Waals surface area contributed by atoms with Gasteiger partial charge in [-0.15, -0.1) is 11.6 Å². The number of hydrogen-bond donors (Lipinski definition) is 0. The maximum Gasteiger partial charge on any atom is 0.460 e. The Morgan fingerprint density at radius 1 is 1.00 bits per heavy atom. The van der Waals surface area contributed by atoms with Gasteiger partial charge >= 0.3 is 23.9 Å². The van der Waals surface area contributed by atoms with E-state index in [1.807, 2.05) is 0 Å². The Morgan fingerprint density at radius 3 is 1.83 bits per heavy atom. The number of thioether (sulfide) groups is 1. The second-order valence-electron chi connectivity index (χ2n) is 4.57. The SMILES string of the molecule is CCCC(=O)SC(CCl)CC(F)(F)C(F)(F)C(F)(F)C(F)(F)F. The first kappa shape index (κ1) is 22.7. The molecule has 0 spiro atoms. The Bertz CT molecular complexity index is 411. The predicted octanol–water partition coefficient (Wildman–Crippen LogP) is 5.51. The van der Waals surface area contributed by atoms with Crippen LogP contribution >= 0.6 is 23.4 Å². The minimum Gasteiger partial charge on any atom is -0.287 e. The lowest BCUT2D eigenvalue weighted by molar-refractivity contribution is -0.396. The summed E-state index contributed by atoms with van der Waals surface area (Å²) in [5.74, 6) is -20.1. The fourth-order valence-corrected chi connectivity index (χ4v) is 2.75. The Balaban J connectivity index is 5.33. The van der Waals surface area contributed by atoms with Gasteiger partial charge in [0.25, 0.3) is 0 Å². The molecule has 12 heteroatoms. The molecular weight excluding hydrogens is 387 g/mol. The maximum absolute atomic E-state index is 13.4. The molecule has 0 radical (unpaired) electrons. The van der Waals surface area contributed by atoms with Crippen molar-refractivity contribution in [3.05, 3.63) is 0 Å². The molecule has 138 valence electrons. The zero-order valence-corrected chi connectivity index (χ0v) is 13.1. The molecule has 1 unspecified atom stereocenters. The quantitative estimate of drug-likeness (QED) is 0.396. The third-order valence-electron chi connectivity index (χ3n) is 2.62. The van der Waals surface area contributed by atoms with Crippen LogP contribution in [-0.4, -0.2) is 40.2 Å². The van der Waals surface area contributed by atoms with Crippen molar-refractivity contribution in [2.24, 2.45) is 0 Å². The molecule has 1 atom stereocenters. The van der Waals surface area contributed by atoms with Crippen LogP contribution in [0.5, 0.6) is 0 Å². The van der Waals surface area contributed by atoms with Crippen molar-refractivity contribution >= 4 is 28.5 Å². The Hall–Kier alpha value is -0.320. The molecule has 0 bridgehead atoms. The normalized spacial score (nSPS) is 15.6. The van der Waals surface area contributed by atoms with Crippen molar-refractivity contribution in [2.75, 3.05) is 5.88 Å². The van der Waals surface area contributed by atoms with Crippen LogP contribution in [0.15, 0.2) is 0 Å². The van der Waals surface area contributed by atoms with E-state index in [0.717, 1.165) is 0 Å². The van der Waals surface area contributed by atoms with E-state index in [1.165, 1.54) is 0 Å². The average Bonchev–Trinajstić information content (AvgIpc) is 2.36. The molecule has 0 amide bonds. The molecule has 0 rings (SSSR count). The molecule has 0 aliphatic heterocycles. The molecular formula is C11H12ClF9OS. The van der Waals surface area contributed by atoms with Gasteiger partial charge in [-0.2, -0.15) is 39.5 Å². The number of carbonyl (C=O) groups is 1. The summed E-state index contributed by atoms with van der Waals surface area (Å²) in [7, 11) is 0. The van der Waals surface area contributed by atoms with Gasteiger partial charge in [0.15, 0.2) is 5.12 Å². The second kappa shape index (κ2) is 7.71. The Labute approximate surface area is 134 Å². The first-order valence-corrected chi connectivity index (χ1v) is 7.51. The Morgan fingerprint density at radius 2 is 1.48 bits per heavy atom. The first-order chi connectivity index (χ1) is 10.1. The van der Waals surface area contributed by atoms with Gasteiger partial charge in [0.05, 0.1) is 0 Å². The van der Waals surface area contributed by atoms with Crippen LogP contribution < -0.4 is 0 Å². The number of rotatable bonds is 8. The Kier molecular flexibility index (Phi) is 7.60.